The van der Waals surface area contributed by atoms with E-state index in [-0.39, 0.29) is 5.97 Å². The van der Waals surface area contributed by atoms with Crippen LogP contribution in [0.25, 0.3) is 0 Å². The van der Waals surface area contributed by atoms with Gasteiger partial charge >= 0.3 is 5.97 Å². The second-order valence-electron chi connectivity index (χ2n) is 4.76. The van der Waals surface area contributed by atoms with E-state index in [1.54, 1.807) is 6.92 Å². The summed E-state index contributed by atoms with van der Waals surface area (Å²) < 4.78 is 5.43. The number of unbranched alkanes of at least 4 members (excludes halogenated alkanes) is 2. The third-order valence-electron chi connectivity index (χ3n) is 2.63. The van der Waals surface area contributed by atoms with Gasteiger partial charge in [-0.1, -0.05) is 33.3 Å². The predicted molar refractivity (Wildman–Crippen MR) is 75.1 cm³/mol. The highest BCUT2D eigenvalue weighted by atomic mass is 16.6. The molecule has 0 rings (SSSR count). The fraction of sp³-hybridized carbons (Fsp3) is 0.786. The van der Waals surface area contributed by atoms with Gasteiger partial charge in [0.1, 0.15) is 0 Å². The van der Waals surface area contributed by atoms with E-state index in [9.17, 15) is 4.79 Å². The van der Waals surface area contributed by atoms with Gasteiger partial charge in [-0.2, -0.15) is 0 Å². The molecule has 0 aromatic heterocycles. The lowest BCUT2D eigenvalue weighted by atomic mass is 10.3. The molecule has 0 saturated carbocycles. The number of esters is 1. The van der Waals surface area contributed by atoms with Crippen molar-refractivity contribution in [1.29, 1.82) is 0 Å². The molecule has 0 bridgehead atoms. The van der Waals surface area contributed by atoms with E-state index in [4.69, 9.17) is 4.74 Å². The minimum Gasteiger partial charge on any atom is -0.427 e. The molecular weight excluding hydrogens is 228 g/mol. The zero-order valence-corrected chi connectivity index (χ0v) is 12.3. The highest BCUT2D eigenvalue weighted by molar-refractivity contribution is 5.87. The van der Waals surface area contributed by atoms with Crippen LogP contribution in [0.3, 0.4) is 0 Å². The summed E-state index contributed by atoms with van der Waals surface area (Å²) in [4.78, 5) is 11.6. The Bertz CT molecular complexity index is 255. The maximum Gasteiger partial charge on any atom is 0.335 e. The Morgan fingerprint density at radius 2 is 1.61 bits per heavy atom. The van der Waals surface area contributed by atoms with Gasteiger partial charge in [-0.25, -0.2) is 4.79 Å². The summed E-state index contributed by atoms with van der Waals surface area (Å²) in [5, 5.41) is 6.49. The predicted octanol–water partition coefficient (Wildman–Crippen LogP) is 2.56. The Morgan fingerprint density at radius 3 is 1.94 bits per heavy atom. The van der Waals surface area contributed by atoms with Crippen molar-refractivity contribution in [3.63, 3.8) is 0 Å². The summed E-state index contributed by atoms with van der Waals surface area (Å²) in [6.45, 7) is 13.0. The second-order valence-corrected chi connectivity index (χ2v) is 4.76. The number of carbonyl (C=O) groups is 1. The molecule has 0 radical (unpaired) electrons. The van der Waals surface area contributed by atoms with Crippen LogP contribution in [0.5, 0.6) is 0 Å². The van der Waals surface area contributed by atoms with Crippen LogP contribution in [0.2, 0.25) is 0 Å². The van der Waals surface area contributed by atoms with E-state index in [0.717, 1.165) is 38.8 Å². The summed E-state index contributed by atoms with van der Waals surface area (Å²) in [6.07, 6.45) is 4.31. The van der Waals surface area contributed by atoms with Crippen LogP contribution in [0.1, 0.15) is 53.4 Å². The van der Waals surface area contributed by atoms with Gasteiger partial charge in [-0.15, -0.1) is 0 Å². The summed E-state index contributed by atoms with van der Waals surface area (Å²) in [6, 6.07) is 0. The number of carbonyl (C=O) groups excluding carboxylic acids is 1. The van der Waals surface area contributed by atoms with Gasteiger partial charge in [0.15, 0.2) is 0 Å². The first-order chi connectivity index (χ1) is 8.45. The monoisotopic (exact) mass is 256 g/mol. The first-order valence-electron chi connectivity index (χ1n) is 6.84. The number of rotatable bonds is 10. The number of ether oxygens (including phenoxy) is 1. The molecule has 0 unspecified atom stereocenters. The van der Waals surface area contributed by atoms with E-state index < -0.39 is 5.85 Å². The average Bonchev–Trinajstić information content (AvgIpc) is 2.29. The molecule has 0 aliphatic carbocycles. The van der Waals surface area contributed by atoms with Gasteiger partial charge < -0.3 is 4.74 Å². The maximum atomic E-state index is 11.6. The van der Waals surface area contributed by atoms with Crippen LogP contribution in [0.4, 0.5) is 0 Å². The summed E-state index contributed by atoms with van der Waals surface area (Å²) in [5.41, 5.74) is 0.413. The number of hydrogen-bond donors (Lipinski definition) is 2. The topological polar surface area (TPSA) is 50.4 Å². The lowest BCUT2D eigenvalue weighted by Crippen LogP contribution is -2.58. The zero-order chi connectivity index (χ0) is 14.0. The molecule has 0 atom stereocenters. The Balaban J connectivity index is 4.37. The van der Waals surface area contributed by atoms with E-state index in [1.165, 1.54) is 0 Å². The maximum absolute atomic E-state index is 11.6. The van der Waals surface area contributed by atoms with Crippen molar-refractivity contribution in [3.8, 4) is 0 Å². The molecular formula is C14H28N2O2. The van der Waals surface area contributed by atoms with Gasteiger partial charge in [0, 0.05) is 25.6 Å². The van der Waals surface area contributed by atoms with E-state index >= 15 is 0 Å². The average molecular weight is 256 g/mol. The Kier molecular flexibility index (Phi) is 8.67. The highest BCUT2D eigenvalue weighted by Crippen LogP contribution is 2.07. The normalized spacial score (nSPS) is 11.3. The van der Waals surface area contributed by atoms with Crippen molar-refractivity contribution >= 4 is 5.97 Å². The quantitative estimate of drug-likeness (QED) is 0.273. The van der Waals surface area contributed by atoms with Crippen molar-refractivity contribution in [2.24, 2.45) is 0 Å². The fourth-order valence-corrected chi connectivity index (χ4v) is 1.41. The highest BCUT2D eigenvalue weighted by Gasteiger charge is 2.27. The van der Waals surface area contributed by atoms with Gasteiger partial charge in [0.25, 0.3) is 0 Å². The Labute approximate surface area is 111 Å². The van der Waals surface area contributed by atoms with E-state index in [1.807, 2.05) is 6.92 Å². The molecule has 0 heterocycles. The van der Waals surface area contributed by atoms with Crippen LogP contribution in [0.15, 0.2) is 12.2 Å². The molecule has 0 saturated heterocycles. The molecule has 0 spiro atoms. The van der Waals surface area contributed by atoms with Crippen LogP contribution in [0, 0.1) is 0 Å². The van der Waals surface area contributed by atoms with Gasteiger partial charge in [0.05, 0.1) is 0 Å². The lowest BCUT2D eigenvalue weighted by molar-refractivity contribution is -0.160. The first-order valence-corrected chi connectivity index (χ1v) is 6.84. The van der Waals surface area contributed by atoms with Crippen LogP contribution in [-0.2, 0) is 9.53 Å². The molecule has 4 nitrogen and oxygen atoms in total. The SMILES string of the molecule is C=C(C)C(=O)OC(C)(NCCCC)NCCCC. The van der Waals surface area contributed by atoms with Gasteiger partial charge in [-0.05, 0) is 19.8 Å². The Morgan fingerprint density at radius 1 is 1.17 bits per heavy atom. The molecule has 0 aliphatic rings. The molecule has 18 heavy (non-hydrogen) atoms. The minimum absolute atomic E-state index is 0.370. The van der Waals surface area contributed by atoms with Crippen LogP contribution in [-0.4, -0.2) is 24.9 Å². The van der Waals surface area contributed by atoms with Crippen molar-refractivity contribution in [2.75, 3.05) is 13.1 Å². The molecule has 0 aliphatic heterocycles. The molecule has 0 aromatic rings. The van der Waals surface area contributed by atoms with Crippen LogP contribution >= 0.6 is 0 Å². The minimum atomic E-state index is -0.805. The van der Waals surface area contributed by atoms with Gasteiger partial charge in [-0.3, -0.25) is 10.6 Å². The molecule has 0 fully saturated rings. The standard InChI is InChI=1S/C14H28N2O2/c1-6-8-10-15-14(5,16-11-9-7-2)18-13(17)12(3)4/h15-16H,3,6-11H2,1-2,4-5H3. The smallest absolute Gasteiger partial charge is 0.335 e. The fourth-order valence-electron chi connectivity index (χ4n) is 1.41. The number of hydrogen-bond acceptors (Lipinski definition) is 4. The van der Waals surface area contributed by atoms with Gasteiger partial charge in [0.2, 0.25) is 5.85 Å². The van der Waals surface area contributed by atoms with Crippen molar-refractivity contribution in [2.45, 2.75) is 59.2 Å². The van der Waals surface area contributed by atoms with Crippen molar-refractivity contribution in [3.05, 3.63) is 12.2 Å². The zero-order valence-electron chi connectivity index (χ0n) is 12.3. The first kappa shape index (κ1) is 17.1. The number of nitrogens with one attached hydrogen (secondary N) is 2. The second kappa shape index (κ2) is 9.11. The Hall–Kier alpha value is -0.870. The largest absolute Gasteiger partial charge is 0.427 e. The molecule has 2 N–H and O–H groups in total. The summed E-state index contributed by atoms with van der Waals surface area (Å²) >= 11 is 0. The van der Waals surface area contributed by atoms with Crippen molar-refractivity contribution < 1.29 is 9.53 Å². The lowest BCUT2D eigenvalue weighted by Gasteiger charge is -2.32. The third-order valence-corrected chi connectivity index (χ3v) is 2.63. The third kappa shape index (κ3) is 7.45. The summed E-state index contributed by atoms with van der Waals surface area (Å²) in [5.74, 6) is -1.18. The molecule has 0 aromatic carbocycles. The van der Waals surface area contributed by atoms with Crippen molar-refractivity contribution in [1.82, 2.24) is 10.6 Å². The molecule has 0 amide bonds. The summed E-state index contributed by atoms with van der Waals surface area (Å²) in [7, 11) is 0. The van der Waals surface area contributed by atoms with E-state index in [2.05, 4.69) is 31.1 Å². The van der Waals surface area contributed by atoms with Crippen LogP contribution < -0.4 is 10.6 Å². The van der Waals surface area contributed by atoms with E-state index in [0.29, 0.717) is 5.57 Å². The molecule has 4 heteroatoms. The molecule has 106 valence electrons.